The van der Waals surface area contributed by atoms with Crippen LogP contribution < -0.4 is 0 Å². The zero-order chi connectivity index (χ0) is 18.6. The maximum atomic E-state index is 12.5. The topological polar surface area (TPSA) is 54.5 Å². The van der Waals surface area contributed by atoms with Gasteiger partial charge in [0.1, 0.15) is 5.75 Å². The van der Waals surface area contributed by atoms with Gasteiger partial charge in [-0.1, -0.05) is 54.1 Å². The summed E-state index contributed by atoms with van der Waals surface area (Å²) in [5.74, 6) is -0.977. The highest BCUT2D eigenvalue weighted by molar-refractivity contribution is 7.91. The van der Waals surface area contributed by atoms with Crippen molar-refractivity contribution in [2.24, 2.45) is 0 Å². The van der Waals surface area contributed by atoms with E-state index in [1.165, 1.54) is 4.90 Å². The second-order valence-electron chi connectivity index (χ2n) is 6.55. The largest absolute Gasteiger partial charge is 0.338 e. The third-order valence-electron chi connectivity index (χ3n) is 4.48. The second kappa shape index (κ2) is 7.83. The van der Waals surface area contributed by atoms with Crippen molar-refractivity contribution in [1.82, 2.24) is 4.90 Å². The van der Waals surface area contributed by atoms with Crippen LogP contribution >= 0.6 is 0 Å². The van der Waals surface area contributed by atoms with Crippen molar-refractivity contribution in [1.29, 1.82) is 0 Å². The number of carbonyl (C=O) groups excluding carboxylic acids is 1. The highest BCUT2D eigenvalue weighted by atomic mass is 32.2. The normalized spacial score (nSPS) is 12.6. The van der Waals surface area contributed by atoms with E-state index in [1.807, 2.05) is 69.3 Å². The fourth-order valence-corrected chi connectivity index (χ4v) is 4.17. The molecule has 0 radical (unpaired) electrons. The number of sulfone groups is 1. The fraction of sp³-hybridized carbons (Fsp3) is 0.350. The van der Waals surface area contributed by atoms with Gasteiger partial charge < -0.3 is 4.90 Å². The maximum absolute atomic E-state index is 12.5. The van der Waals surface area contributed by atoms with Crippen LogP contribution in [0.3, 0.4) is 0 Å². The Morgan fingerprint density at radius 2 is 1.72 bits per heavy atom. The summed E-state index contributed by atoms with van der Waals surface area (Å²) >= 11 is 0. The van der Waals surface area contributed by atoms with Crippen molar-refractivity contribution in [2.45, 2.75) is 32.6 Å². The molecule has 25 heavy (non-hydrogen) atoms. The minimum absolute atomic E-state index is 0.111. The molecule has 0 aliphatic rings. The van der Waals surface area contributed by atoms with Crippen LogP contribution in [0, 0.1) is 13.8 Å². The fourth-order valence-electron chi connectivity index (χ4n) is 2.70. The second-order valence-corrected chi connectivity index (χ2v) is 8.62. The summed E-state index contributed by atoms with van der Waals surface area (Å²) in [6.45, 7) is 5.70. The monoisotopic (exact) mass is 359 g/mol. The molecule has 0 aromatic heterocycles. The number of carbonyl (C=O) groups is 1. The third-order valence-corrected chi connectivity index (χ3v) is 5.92. The number of aryl methyl sites for hydroxylation is 2. The molecule has 2 rings (SSSR count). The molecule has 0 saturated carbocycles. The zero-order valence-electron chi connectivity index (χ0n) is 15.2. The molecule has 5 heteroatoms. The van der Waals surface area contributed by atoms with Crippen LogP contribution in [0.25, 0.3) is 0 Å². The molecule has 1 atom stereocenters. The minimum atomic E-state index is -3.53. The lowest BCUT2D eigenvalue weighted by Crippen LogP contribution is -2.35. The van der Waals surface area contributed by atoms with Gasteiger partial charge in [0.15, 0.2) is 9.84 Å². The Hall–Kier alpha value is -2.14. The molecular weight excluding hydrogens is 334 g/mol. The zero-order valence-corrected chi connectivity index (χ0v) is 16.0. The van der Waals surface area contributed by atoms with Gasteiger partial charge in [-0.25, -0.2) is 8.42 Å². The van der Waals surface area contributed by atoms with Gasteiger partial charge in [-0.15, -0.1) is 0 Å². The van der Waals surface area contributed by atoms with Gasteiger partial charge in [0.05, 0.1) is 11.8 Å². The molecule has 0 fully saturated rings. The van der Waals surface area contributed by atoms with E-state index in [0.29, 0.717) is 0 Å². The van der Waals surface area contributed by atoms with Gasteiger partial charge in [0.2, 0.25) is 5.91 Å². The molecule has 1 unspecified atom stereocenters. The van der Waals surface area contributed by atoms with Crippen LogP contribution in [0.4, 0.5) is 0 Å². The minimum Gasteiger partial charge on any atom is -0.338 e. The van der Waals surface area contributed by atoms with Crippen LogP contribution in [0.15, 0.2) is 48.5 Å². The molecule has 0 saturated heterocycles. The van der Waals surface area contributed by atoms with Crippen LogP contribution in [0.2, 0.25) is 0 Å². The summed E-state index contributed by atoms with van der Waals surface area (Å²) in [5, 5.41) is 0. The van der Waals surface area contributed by atoms with Crippen molar-refractivity contribution in [2.75, 3.05) is 12.8 Å². The Balaban J connectivity index is 2.09. The molecular formula is C20H25NO3S. The first-order chi connectivity index (χ1) is 11.7. The third kappa shape index (κ3) is 5.16. The summed E-state index contributed by atoms with van der Waals surface area (Å²) in [4.78, 5) is 14.0. The first kappa shape index (κ1) is 19.2. The van der Waals surface area contributed by atoms with Crippen molar-refractivity contribution >= 4 is 15.7 Å². The van der Waals surface area contributed by atoms with E-state index in [4.69, 9.17) is 0 Å². The molecule has 1 amide bonds. The molecule has 2 aromatic rings. The Morgan fingerprint density at radius 3 is 2.36 bits per heavy atom. The predicted molar refractivity (Wildman–Crippen MR) is 101 cm³/mol. The summed E-state index contributed by atoms with van der Waals surface area (Å²) in [7, 11) is -1.88. The van der Waals surface area contributed by atoms with E-state index in [2.05, 4.69) is 0 Å². The van der Waals surface area contributed by atoms with Gasteiger partial charge in [-0.05, 0) is 37.5 Å². The standard InChI is InChI=1S/C20H25NO3S/c1-15-10-11-16(2)19(12-15)13-25(23,24)14-20(22)21(4)17(3)18-8-6-5-7-9-18/h5-12,17H,13-14H2,1-4H3. The average Bonchev–Trinajstić information content (AvgIpc) is 2.57. The molecule has 2 aromatic carbocycles. The van der Waals surface area contributed by atoms with E-state index < -0.39 is 15.6 Å². The smallest absolute Gasteiger partial charge is 0.238 e. The van der Waals surface area contributed by atoms with E-state index in [1.54, 1.807) is 7.05 Å². The number of amides is 1. The van der Waals surface area contributed by atoms with Gasteiger partial charge in [-0.2, -0.15) is 0 Å². The first-order valence-electron chi connectivity index (χ1n) is 8.27. The van der Waals surface area contributed by atoms with Crippen molar-refractivity contribution in [3.05, 3.63) is 70.8 Å². The molecule has 0 aliphatic heterocycles. The van der Waals surface area contributed by atoms with Crippen molar-refractivity contribution in [3.63, 3.8) is 0 Å². The van der Waals surface area contributed by atoms with E-state index in [0.717, 1.165) is 22.3 Å². The Kier molecular flexibility index (Phi) is 6.01. The Morgan fingerprint density at radius 1 is 1.08 bits per heavy atom. The summed E-state index contributed by atoms with van der Waals surface area (Å²) in [6.07, 6.45) is 0. The van der Waals surface area contributed by atoms with Crippen LogP contribution in [0.1, 0.15) is 35.2 Å². The van der Waals surface area contributed by atoms with Gasteiger partial charge in [0.25, 0.3) is 0 Å². The molecule has 4 nitrogen and oxygen atoms in total. The van der Waals surface area contributed by atoms with Gasteiger partial charge in [-0.3, -0.25) is 4.79 Å². The Labute approximate surface area is 150 Å². The molecule has 0 spiro atoms. The summed E-state index contributed by atoms with van der Waals surface area (Å²) in [6, 6.07) is 15.1. The summed E-state index contributed by atoms with van der Waals surface area (Å²) < 4.78 is 25.0. The lowest BCUT2D eigenvalue weighted by atomic mass is 10.1. The molecule has 0 N–H and O–H groups in total. The highest BCUT2D eigenvalue weighted by Gasteiger charge is 2.24. The molecule has 0 aliphatic carbocycles. The molecule has 0 bridgehead atoms. The first-order valence-corrected chi connectivity index (χ1v) is 10.1. The van der Waals surface area contributed by atoms with Crippen molar-refractivity contribution in [3.8, 4) is 0 Å². The Bertz CT molecular complexity index is 844. The lowest BCUT2D eigenvalue weighted by molar-refractivity contribution is -0.129. The van der Waals surface area contributed by atoms with E-state index in [9.17, 15) is 13.2 Å². The van der Waals surface area contributed by atoms with Gasteiger partial charge in [0, 0.05) is 7.05 Å². The van der Waals surface area contributed by atoms with Crippen LogP contribution in [-0.4, -0.2) is 32.0 Å². The number of benzene rings is 2. The van der Waals surface area contributed by atoms with Crippen LogP contribution in [-0.2, 0) is 20.4 Å². The van der Waals surface area contributed by atoms with E-state index >= 15 is 0 Å². The summed E-state index contributed by atoms with van der Waals surface area (Å²) in [5.41, 5.74) is 3.67. The van der Waals surface area contributed by atoms with E-state index in [-0.39, 0.29) is 17.7 Å². The molecule has 134 valence electrons. The SMILES string of the molecule is Cc1ccc(C)c(CS(=O)(=O)CC(=O)N(C)C(C)c2ccccc2)c1. The number of hydrogen-bond acceptors (Lipinski definition) is 3. The maximum Gasteiger partial charge on any atom is 0.238 e. The molecule has 0 heterocycles. The number of rotatable bonds is 6. The highest BCUT2D eigenvalue weighted by Crippen LogP contribution is 2.20. The average molecular weight is 359 g/mol. The predicted octanol–water partition coefficient (Wildman–Crippen LogP) is 3.44. The number of nitrogens with zero attached hydrogens (tertiary/aromatic N) is 1. The number of hydrogen-bond donors (Lipinski definition) is 0. The quantitative estimate of drug-likeness (QED) is 0.794. The van der Waals surface area contributed by atoms with Crippen molar-refractivity contribution < 1.29 is 13.2 Å². The lowest BCUT2D eigenvalue weighted by Gasteiger charge is -2.25. The van der Waals surface area contributed by atoms with Crippen LogP contribution in [0.5, 0.6) is 0 Å². The van der Waals surface area contributed by atoms with Gasteiger partial charge >= 0.3 is 0 Å².